The van der Waals surface area contributed by atoms with Crippen LogP contribution in [0.1, 0.15) is 22.8 Å². The van der Waals surface area contributed by atoms with Crippen LogP contribution in [0.3, 0.4) is 0 Å². The van der Waals surface area contributed by atoms with E-state index in [1.807, 2.05) is 12.3 Å². The van der Waals surface area contributed by atoms with Crippen molar-refractivity contribution in [2.45, 2.75) is 13.3 Å². The van der Waals surface area contributed by atoms with Crippen molar-refractivity contribution in [3.8, 4) is 0 Å². The van der Waals surface area contributed by atoms with E-state index in [2.05, 4.69) is 4.98 Å². The lowest BCUT2D eigenvalue weighted by Crippen LogP contribution is -2.23. The molecule has 6 N–H and O–H groups in total. The minimum atomic E-state index is -1.55. The molecule has 0 unspecified atom stereocenters. The molecule has 0 bridgehead atoms. The van der Waals surface area contributed by atoms with Crippen LogP contribution in [0.2, 0.25) is 0 Å². The maximum Gasteiger partial charge on any atom is 0.248 e. The smallest absolute Gasteiger partial charge is 0.248 e. The van der Waals surface area contributed by atoms with Crippen molar-refractivity contribution in [2.75, 3.05) is 13.2 Å². The van der Waals surface area contributed by atoms with Crippen LogP contribution in [0.15, 0.2) is 36.5 Å². The van der Waals surface area contributed by atoms with Gasteiger partial charge in [-0.1, -0.05) is 0 Å². The highest BCUT2D eigenvalue weighted by molar-refractivity contribution is 5.97. The van der Waals surface area contributed by atoms with Crippen LogP contribution < -0.4 is 21.7 Å². The number of carbonyl (C=O) groups excluding carboxylic acids is 3. The predicted octanol–water partition coefficient (Wildman–Crippen LogP) is -2.19. The number of primary amides is 1. The molecule has 0 aliphatic rings. The molecule has 0 saturated heterocycles. The highest BCUT2D eigenvalue weighted by Crippen LogP contribution is 2.19. The van der Waals surface area contributed by atoms with Crippen LogP contribution in [0, 0.1) is 0 Å². The standard InChI is InChI=1S/C11H13N3O.C4H4O4.C2H6O/c12-4-3-8-6-14-10-2-1-7(11(13)15)5-9(8)10;5-3(6)1-2-4(7)8;1-2-3/h1-2,5-6,14H,3-4,12H2,(H2,13,15);1-2H,(H,5,6)(H,7,8);3H,2H2,1H3/p-2/b;2-1-;. The van der Waals surface area contributed by atoms with Gasteiger partial charge in [-0.3, -0.25) is 4.79 Å². The Labute approximate surface area is 149 Å². The molecule has 0 atom stereocenters. The third-order valence-electron chi connectivity index (χ3n) is 2.82. The minimum Gasteiger partial charge on any atom is -0.545 e. The molecule has 1 heterocycles. The first-order valence-corrected chi connectivity index (χ1v) is 7.57. The third kappa shape index (κ3) is 8.62. The Kier molecular flexibility index (Phi) is 10.7. The number of aromatic nitrogens is 1. The lowest BCUT2D eigenvalue weighted by atomic mass is 10.1. The third-order valence-corrected chi connectivity index (χ3v) is 2.82. The van der Waals surface area contributed by atoms with Gasteiger partial charge in [0, 0.05) is 29.3 Å². The van der Waals surface area contributed by atoms with Gasteiger partial charge in [-0.2, -0.15) is 0 Å². The van der Waals surface area contributed by atoms with E-state index in [1.165, 1.54) is 0 Å². The molecule has 142 valence electrons. The van der Waals surface area contributed by atoms with Crippen molar-refractivity contribution in [3.05, 3.63) is 47.7 Å². The summed E-state index contributed by atoms with van der Waals surface area (Å²) in [7, 11) is 0. The highest BCUT2D eigenvalue weighted by atomic mass is 16.4. The summed E-state index contributed by atoms with van der Waals surface area (Å²) in [5, 5.41) is 27.4. The van der Waals surface area contributed by atoms with Gasteiger partial charge < -0.3 is 41.4 Å². The normalized spacial score (nSPS) is 9.81. The fraction of sp³-hybridized carbons (Fsp3) is 0.235. The van der Waals surface area contributed by atoms with Gasteiger partial charge in [0.05, 0.1) is 11.9 Å². The first-order chi connectivity index (χ1) is 12.3. The molecule has 2 aromatic rings. The fourth-order valence-electron chi connectivity index (χ4n) is 1.83. The number of amides is 1. The van der Waals surface area contributed by atoms with E-state index in [0.29, 0.717) is 24.3 Å². The summed E-state index contributed by atoms with van der Waals surface area (Å²) in [5.41, 5.74) is 13.4. The van der Waals surface area contributed by atoms with Crippen LogP contribution in [0.5, 0.6) is 0 Å². The summed E-state index contributed by atoms with van der Waals surface area (Å²) in [4.78, 5) is 33.0. The number of H-pyrrole nitrogens is 1. The van der Waals surface area contributed by atoms with Gasteiger partial charge in [-0.15, -0.1) is 0 Å². The molecule has 0 aliphatic heterocycles. The molecule has 0 saturated carbocycles. The number of fused-ring (bicyclic) bond motifs is 1. The number of carbonyl (C=O) groups is 3. The van der Waals surface area contributed by atoms with Gasteiger partial charge >= 0.3 is 0 Å². The summed E-state index contributed by atoms with van der Waals surface area (Å²) in [5.74, 6) is -3.50. The molecule has 0 aliphatic carbocycles. The molecule has 1 amide bonds. The van der Waals surface area contributed by atoms with E-state index < -0.39 is 17.8 Å². The number of aliphatic hydroxyl groups is 1. The maximum atomic E-state index is 11.0. The Morgan fingerprint density at radius 2 is 1.73 bits per heavy atom. The van der Waals surface area contributed by atoms with Crippen molar-refractivity contribution in [3.63, 3.8) is 0 Å². The highest BCUT2D eigenvalue weighted by Gasteiger charge is 2.06. The lowest BCUT2D eigenvalue weighted by molar-refractivity contribution is -0.301. The van der Waals surface area contributed by atoms with Crippen molar-refractivity contribution >= 4 is 28.7 Å². The molecule has 1 aromatic heterocycles. The first kappa shape index (κ1) is 22.8. The number of carboxylic acid groups (broad SMARTS) is 2. The number of nitrogens with one attached hydrogen (secondary N) is 1. The van der Waals surface area contributed by atoms with E-state index in [9.17, 15) is 24.6 Å². The number of hydrogen-bond acceptors (Lipinski definition) is 7. The Morgan fingerprint density at radius 3 is 2.15 bits per heavy atom. The second-order valence-electron chi connectivity index (χ2n) is 4.76. The number of nitrogens with two attached hydrogens (primary N) is 2. The summed E-state index contributed by atoms with van der Waals surface area (Å²) >= 11 is 0. The number of benzene rings is 1. The zero-order valence-corrected chi connectivity index (χ0v) is 14.2. The Bertz CT molecular complexity index is 751. The average molecular weight is 363 g/mol. The minimum absolute atomic E-state index is 0.250. The summed E-state index contributed by atoms with van der Waals surface area (Å²) in [6.07, 6.45) is 3.48. The van der Waals surface area contributed by atoms with Crippen LogP contribution in [-0.2, 0) is 16.0 Å². The second kappa shape index (κ2) is 12.2. The van der Waals surface area contributed by atoms with Crippen LogP contribution in [0.4, 0.5) is 0 Å². The van der Waals surface area contributed by atoms with Crippen molar-refractivity contribution in [1.82, 2.24) is 4.98 Å². The van der Waals surface area contributed by atoms with E-state index >= 15 is 0 Å². The number of aliphatic carboxylic acids is 2. The Hall–Kier alpha value is -3.17. The fourth-order valence-corrected chi connectivity index (χ4v) is 1.83. The van der Waals surface area contributed by atoms with E-state index in [4.69, 9.17) is 16.6 Å². The molecular weight excluding hydrogens is 342 g/mol. The molecule has 0 radical (unpaired) electrons. The Morgan fingerprint density at radius 1 is 1.19 bits per heavy atom. The largest absolute Gasteiger partial charge is 0.545 e. The van der Waals surface area contributed by atoms with Gasteiger partial charge in [-0.25, -0.2) is 0 Å². The first-order valence-electron chi connectivity index (χ1n) is 7.57. The van der Waals surface area contributed by atoms with Gasteiger partial charge in [0.15, 0.2) is 0 Å². The zero-order chi connectivity index (χ0) is 20.1. The van der Waals surface area contributed by atoms with Gasteiger partial charge in [0.1, 0.15) is 0 Å². The second-order valence-corrected chi connectivity index (χ2v) is 4.76. The van der Waals surface area contributed by atoms with Crippen molar-refractivity contribution in [1.29, 1.82) is 0 Å². The molecule has 0 spiro atoms. The van der Waals surface area contributed by atoms with Gasteiger partial charge in [0.25, 0.3) is 0 Å². The molecule has 9 nitrogen and oxygen atoms in total. The lowest BCUT2D eigenvalue weighted by Gasteiger charge is -1.98. The number of aromatic amines is 1. The van der Waals surface area contributed by atoms with E-state index in [0.717, 1.165) is 22.9 Å². The van der Waals surface area contributed by atoms with Crippen molar-refractivity contribution < 1.29 is 29.7 Å². The number of aliphatic hydroxyl groups excluding tert-OH is 1. The Balaban J connectivity index is 0.000000483. The monoisotopic (exact) mass is 363 g/mol. The molecule has 0 fully saturated rings. The molecule has 26 heavy (non-hydrogen) atoms. The predicted molar refractivity (Wildman–Crippen MR) is 91.5 cm³/mol. The summed E-state index contributed by atoms with van der Waals surface area (Å²) < 4.78 is 0. The van der Waals surface area contributed by atoms with Crippen LogP contribution >= 0.6 is 0 Å². The topological polar surface area (TPSA) is 185 Å². The van der Waals surface area contributed by atoms with Gasteiger partial charge in [-0.05, 0) is 55.8 Å². The quantitative estimate of drug-likeness (QED) is 0.434. The summed E-state index contributed by atoms with van der Waals surface area (Å²) in [6.45, 7) is 2.52. The SMILES string of the molecule is CCO.NCCc1c[nH]c2ccc(C(N)=O)cc12.O=C([O-])/C=C\C(=O)[O-]. The van der Waals surface area contributed by atoms with Crippen LogP contribution in [0.25, 0.3) is 10.9 Å². The molecule has 2 rings (SSSR count). The number of rotatable bonds is 5. The molecule has 9 heteroatoms. The average Bonchev–Trinajstić information content (AvgIpc) is 2.97. The molecular formula is C17H21N3O6-2. The van der Waals surface area contributed by atoms with Crippen LogP contribution in [-0.4, -0.2) is 41.1 Å². The summed E-state index contributed by atoms with van der Waals surface area (Å²) in [6, 6.07) is 5.38. The van der Waals surface area contributed by atoms with Gasteiger partial charge in [0.2, 0.25) is 5.91 Å². The number of carboxylic acids is 2. The maximum absolute atomic E-state index is 11.0. The zero-order valence-electron chi connectivity index (χ0n) is 14.2. The molecule has 1 aromatic carbocycles. The number of hydrogen-bond donors (Lipinski definition) is 4. The van der Waals surface area contributed by atoms with E-state index in [-0.39, 0.29) is 6.61 Å². The van der Waals surface area contributed by atoms with Crippen molar-refractivity contribution in [2.24, 2.45) is 11.5 Å². The van der Waals surface area contributed by atoms with E-state index in [1.54, 1.807) is 19.1 Å².